The predicted octanol–water partition coefficient (Wildman–Crippen LogP) is 2.57. The average molecular weight is 279 g/mol. The Bertz CT molecular complexity index is 622. The van der Waals surface area contributed by atoms with Crippen molar-refractivity contribution in [3.05, 3.63) is 65.7 Å². The number of rotatable bonds is 2. The number of aliphatic hydroxyl groups is 1. The highest BCUT2D eigenvalue weighted by atomic mass is 16.3. The third kappa shape index (κ3) is 2.23. The third-order valence-corrected chi connectivity index (χ3v) is 4.49. The Morgan fingerprint density at radius 3 is 2.67 bits per heavy atom. The molecule has 1 fully saturated rings. The van der Waals surface area contributed by atoms with E-state index in [1.807, 2.05) is 6.07 Å². The van der Waals surface area contributed by atoms with Crippen molar-refractivity contribution < 1.29 is 5.11 Å². The first-order valence-electron chi connectivity index (χ1n) is 7.59. The SMILES string of the molecule is OC1CN(N2c3cc[c]cc3CCC2c2ccccc2)C1. The monoisotopic (exact) mass is 279 g/mol. The Labute approximate surface area is 125 Å². The molecule has 0 bridgehead atoms. The van der Waals surface area contributed by atoms with Gasteiger partial charge in [-0.2, -0.15) is 0 Å². The lowest BCUT2D eigenvalue weighted by atomic mass is 9.92. The first-order chi connectivity index (χ1) is 10.3. The normalized spacial score (nSPS) is 22.7. The molecule has 2 aromatic carbocycles. The van der Waals surface area contributed by atoms with Gasteiger partial charge in [0.1, 0.15) is 0 Å². The maximum Gasteiger partial charge on any atom is 0.0830 e. The lowest BCUT2D eigenvalue weighted by Gasteiger charge is -2.51. The van der Waals surface area contributed by atoms with Gasteiger partial charge in [-0.15, -0.1) is 0 Å². The number of β-amino-alcohol motifs (C(OH)–C–C–N with tert-alkyl or cyclic N) is 1. The van der Waals surface area contributed by atoms with Gasteiger partial charge >= 0.3 is 0 Å². The van der Waals surface area contributed by atoms with E-state index in [9.17, 15) is 5.11 Å². The molecule has 1 unspecified atom stereocenters. The lowest BCUT2D eigenvalue weighted by molar-refractivity contribution is -0.0140. The maximum absolute atomic E-state index is 9.68. The van der Waals surface area contributed by atoms with Gasteiger partial charge in [-0.1, -0.05) is 36.4 Å². The zero-order valence-corrected chi connectivity index (χ0v) is 11.9. The molecule has 1 N–H and O–H groups in total. The van der Waals surface area contributed by atoms with Gasteiger partial charge in [0.25, 0.3) is 0 Å². The molecule has 2 aliphatic heterocycles. The van der Waals surface area contributed by atoms with Crippen molar-refractivity contribution in [3.63, 3.8) is 0 Å². The van der Waals surface area contributed by atoms with Gasteiger partial charge in [0, 0.05) is 13.1 Å². The highest BCUT2D eigenvalue weighted by Gasteiger charge is 2.37. The summed E-state index contributed by atoms with van der Waals surface area (Å²) in [5.74, 6) is 0. The molecular weight excluding hydrogens is 260 g/mol. The van der Waals surface area contributed by atoms with Gasteiger partial charge in [0.05, 0.1) is 17.8 Å². The van der Waals surface area contributed by atoms with Crippen molar-refractivity contribution in [2.24, 2.45) is 0 Å². The number of hydrogen-bond acceptors (Lipinski definition) is 3. The number of nitrogens with zero attached hydrogens (tertiary/aromatic N) is 2. The second-order valence-electron chi connectivity index (χ2n) is 5.89. The summed E-state index contributed by atoms with van der Waals surface area (Å²) in [5, 5.41) is 14.3. The summed E-state index contributed by atoms with van der Waals surface area (Å²) in [4.78, 5) is 0. The number of anilines is 1. The quantitative estimate of drug-likeness (QED) is 0.915. The molecule has 1 saturated heterocycles. The molecule has 2 heterocycles. The molecule has 3 nitrogen and oxygen atoms in total. The number of hydrazine groups is 1. The number of aliphatic hydroxyl groups excluding tert-OH is 1. The van der Waals surface area contributed by atoms with Crippen LogP contribution in [0, 0.1) is 6.07 Å². The Morgan fingerprint density at radius 1 is 1.10 bits per heavy atom. The van der Waals surface area contributed by atoms with Crippen LogP contribution in [0.4, 0.5) is 5.69 Å². The number of hydrogen-bond donors (Lipinski definition) is 1. The zero-order chi connectivity index (χ0) is 14.2. The Kier molecular flexibility index (Phi) is 3.17. The first-order valence-corrected chi connectivity index (χ1v) is 7.59. The van der Waals surface area contributed by atoms with E-state index in [1.165, 1.54) is 16.8 Å². The van der Waals surface area contributed by atoms with Crippen LogP contribution >= 0.6 is 0 Å². The van der Waals surface area contributed by atoms with Gasteiger partial charge in [0.15, 0.2) is 0 Å². The van der Waals surface area contributed by atoms with Crippen molar-refractivity contribution in [3.8, 4) is 0 Å². The van der Waals surface area contributed by atoms with Crippen molar-refractivity contribution >= 4 is 5.69 Å². The van der Waals surface area contributed by atoms with Crippen LogP contribution in [0.3, 0.4) is 0 Å². The van der Waals surface area contributed by atoms with Gasteiger partial charge in [-0.05, 0) is 42.2 Å². The Balaban J connectivity index is 1.74. The highest BCUT2D eigenvalue weighted by Crippen LogP contribution is 2.40. The summed E-state index contributed by atoms with van der Waals surface area (Å²) in [6.07, 6.45) is 1.99. The van der Waals surface area contributed by atoms with Crippen LogP contribution in [0.1, 0.15) is 23.6 Å². The van der Waals surface area contributed by atoms with E-state index in [4.69, 9.17) is 0 Å². The molecule has 107 valence electrons. The first kappa shape index (κ1) is 12.9. The zero-order valence-electron chi connectivity index (χ0n) is 11.9. The second kappa shape index (κ2) is 5.17. The van der Waals surface area contributed by atoms with Crippen LogP contribution < -0.4 is 5.01 Å². The fourth-order valence-corrected chi connectivity index (χ4v) is 3.40. The summed E-state index contributed by atoms with van der Waals surface area (Å²) < 4.78 is 0. The lowest BCUT2D eigenvalue weighted by Crippen LogP contribution is -2.61. The third-order valence-electron chi connectivity index (χ3n) is 4.49. The van der Waals surface area contributed by atoms with E-state index in [0.29, 0.717) is 6.04 Å². The van der Waals surface area contributed by atoms with Gasteiger partial charge in [0.2, 0.25) is 0 Å². The largest absolute Gasteiger partial charge is 0.390 e. The van der Waals surface area contributed by atoms with E-state index in [-0.39, 0.29) is 6.10 Å². The van der Waals surface area contributed by atoms with E-state index in [1.54, 1.807) is 0 Å². The topological polar surface area (TPSA) is 26.7 Å². The van der Waals surface area contributed by atoms with Crippen molar-refractivity contribution in [1.29, 1.82) is 0 Å². The Hall–Kier alpha value is -1.84. The number of benzene rings is 2. The fraction of sp³-hybridized carbons (Fsp3) is 0.333. The van der Waals surface area contributed by atoms with E-state index < -0.39 is 0 Å². The second-order valence-corrected chi connectivity index (χ2v) is 5.89. The number of aryl methyl sites for hydroxylation is 1. The molecule has 1 radical (unpaired) electrons. The van der Waals surface area contributed by atoms with E-state index in [2.05, 4.69) is 58.5 Å². The summed E-state index contributed by atoms with van der Waals surface area (Å²) >= 11 is 0. The van der Waals surface area contributed by atoms with Crippen LogP contribution in [-0.2, 0) is 6.42 Å². The summed E-state index contributed by atoms with van der Waals surface area (Å²) in [7, 11) is 0. The summed E-state index contributed by atoms with van der Waals surface area (Å²) in [6.45, 7) is 1.45. The molecule has 0 saturated carbocycles. The fourth-order valence-electron chi connectivity index (χ4n) is 3.40. The molecule has 4 rings (SSSR count). The summed E-state index contributed by atoms with van der Waals surface area (Å²) in [6, 6.07) is 20.4. The van der Waals surface area contributed by atoms with Crippen LogP contribution in [0.5, 0.6) is 0 Å². The number of fused-ring (bicyclic) bond motifs is 1. The minimum Gasteiger partial charge on any atom is -0.390 e. The average Bonchev–Trinajstić information content (AvgIpc) is 2.52. The molecule has 1 atom stereocenters. The van der Waals surface area contributed by atoms with E-state index in [0.717, 1.165) is 25.9 Å². The molecule has 2 aliphatic rings. The molecule has 21 heavy (non-hydrogen) atoms. The highest BCUT2D eigenvalue weighted by molar-refractivity contribution is 5.57. The molecule has 2 aromatic rings. The smallest absolute Gasteiger partial charge is 0.0830 e. The standard InChI is InChI=1S/C18H19N2O/c21-16-12-19(13-16)20-17-9-5-4-8-15(17)10-11-18(20)14-6-2-1-3-7-14/h1-3,5-9,16,18,21H,10-13H2. The van der Waals surface area contributed by atoms with Crippen molar-refractivity contribution in [2.75, 3.05) is 18.1 Å². The minimum atomic E-state index is -0.193. The minimum absolute atomic E-state index is 0.193. The Morgan fingerprint density at radius 2 is 1.90 bits per heavy atom. The van der Waals surface area contributed by atoms with Crippen molar-refractivity contribution in [1.82, 2.24) is 5.01 Å². The summed E-state index contributed by atoms with van der Waals surface area (Å²) in [5.41, 5.74) is 3.96. The van der Waals surface area contributed by atoms with Crippen LogP contribution in [0.15, 0.2) is 48.5 Å². The molecule has 3 heteroatoms. The van der Waals surface area contributed by atoms with Gasteiger partial charge < -0.3 is 5.11 Å². The van der Waals surface area contributed by atoms with Crippen molar-refractivity contribution in [2.45, 2.75) is 25.0 Å². The van der Waals surface area contributed by atoms with Gasteiger partial charge in [-0.3, -0.25) is 5.01 Å². The van der Waals surface area contributed by atoms with Crippen LogP contribution in [-0.4, -0.2) is 29.3 Å². The van der Waals surface area contributed by atoms with Crippen LogP contribution in [0.2, 0.25) is 0 Å². The van der Waals surface area contributed by atoms with Crippen LogP contribution in [0.25, 0.3) is 0 Å². The van der Waals surface area contributed by atoms with E-state index >= 15 is 0 Å². The maximum atomic E-state index is 9.68. The molecule has 0 aromatic heterocycles. The molecule has 0 amide bonds. The predicted molar refractivity (Wildman–Crippen MR) is 82.8 cm³/mol. The van der Waals surface area contributed by atoms with Gasteiger partial charge in [-0.25, -0.2) is 5.01 Å². The molecular formula is C18H19N2O. The molecule has 0 aliphatic carbocycles. The molecule has 0 spiro atoms.